The third kappa shape index (κ3) is 4.99. The minimum atomic E-state index is 0.355. The number of ether oxygens (including phenoxy) is 1. The predicted octanol–water partition coefficient (Wildman–Crippen LogP) is 1.85. The lowest BCUT2D eigenvalue weighted by Gasteiger charge is -2.28. The van der Waals surface area contributed by atoms with Gasteiger partial charge in [0.15, 0.2) is 0 Å². The highest BCUT2D eigenvalue weighted by Crippen LogP contribution is 2.10. The molecule has 0 aromatic carbocycles. The van der Waals surface area contributed by atoms with E-state index >= 15 is 0 Å². The van der Waals surface area contributed by atoms with Gasteiger partial charge in [-0.15, -0.1) is 0 Å². The summed E-state index contributed by atoms with van der Waals surface area (Å²) < 4.78 is 5.56. The van der Waals surface area contributed by atoms with E-state index in [1.807, 2.05) is 6.26 Å². The van der Waals surface area contributed by atoms with E-state index in [1.165, 1.54) is 0 Å². The summed E-state index contributed by atoms with van der Waals surface area (Å²) in [6.45, 7) is 6.58. The van der Waals surface area contributed by atoms with Gasteiger partial charge in [0.05, 0.1) is 6.26 Å². The number of likely N-dealkylation sites (N-methyl/N-ethyl adjacent to an activating group) is 1. The second-order valence-electron chi connectivity index (χ2n) is 5.23. The van der Waals surface area contributed by atoms with Crippen LogP contribution >= 0.6 is 0 Å². The number of allylic oxidation sites excluding steroid dienone is 1. The zero-order valence-corrected chi connectivity index (χ0v) is 11.1. The molecule has 0 aromatic heterocycles. The molecule has 1 N–H and O–H groups in total. The normalized spacial score (nSPS) is 22.5. The van der Waals surface area contributed by atoms with Crippen molar-refractivity contribution in [1.29, 1.82) is 0 Å². The molecule has 1 heterocycles. The first-order valence-corrected chi connectivity index (χ1v) is 6.28. The first-order valence-electron chi connectivity index (χ1n) is 6.28. The summed E-state index contributed by atoms with van der Waals surface area (Å²) in [5.41, 5.74) is 0. The van der Waals surface area contributed by atoms with Crippen LogP contribution in [-0.2, 0) is 4.74 Å². The van der Waals surface area contributed by atoms with E-state index in [0.29, 0.717) is 18.1 Å². The van der Waals surface area contributed by atoms with Crippen molar-refractivity contribution in [2.75, 3.05) is 27.2 Å². The summed E-state index contributed by atoms with van der Waals surface area (Å²) in [4.78, 5) is 2.24. The zero-order chi connectivity index (χ0) is 12.0. The molecular formula is C13H26N2O. The summed E-state index contributed by atoms with van der Waals surface area (Å²) >= 11 is 0. The fourth-order valence-corrected chi connectivity index (χ4v) is 1.92. The Morgan fingerprint density at radius 2 is 2.19 bits per heavy atom. The quantitative estimate of drug-likeness (QED) is 0.748. The molecule has 94 valence electrons. The Kier molecular flexibility index (Phi) is 5.85. The molecule has 3 nitrogen and oxygen atoms in total. The van der Waals surface area contributed by atoms with Gasteiger partial charge < -0.3 is 15.0 Å². The van der Waals surface area contributed by atoms with E-state index in [4.69, 9.17) is 4.74 Å². The van der Waals surface area contributed by atoms with Crippen molar-refractivity contribution in [3.05, 3.63) is 12.3 Å². The molecule has 2 atom stereocenters. The topological polar surface area (TPSA) is 24.5 Å². The van der Waals surface area contributed by atoms with Crippen molar-refractivity contribution in [3.8, 4) is 0 Å². The van der Waals surface area contributed by atoms with Gasteiger partial charge in [0, 0.05) is 19.1 Å². The van der Waals surface area contributed by atoms with E-state index < -0.39 is 0 Å². The summed E-state index contributed by atoms with van der Waals surface area (Å²) in [5, 5.41) is 3.62. The summed E-state index contributed by atoms with van der Waals surface area (Å²) in [5.74, 6) is 0.654. The molecule has 1 aliphatic rings. The second kappa shape index (κ2) is 6.92. The van der Waals surface area contributed by atoms with Crippen LogP contribution in [0.25, 0.3) is 0 Å². The standard InChI is InChI=1S/C13H26N2O/c1-11(2)13(10-15(3)4)14-9-12-7-5-6-8-16-12/h6,8,11-14H,5,7,9-10H2,1-4H3. The van der Waals surface area contributed by atoms with Crippen LogP contribution in [0.2, 0.25) is 0 Å². The van der Waals surface area contributed by atoms with Gasteiger partial charge in [0.25, 0.3) is 0 Å². The van der Waals surface area contributed by atoms with Crippen LogP contribution in [0.3, 0.4) is 0 Å². The second-order valence-corrected chi connectivity index (χ2v) is 5.23. The lowest BCUT2D eigenvalue weighted by molar-refractivity contribution is 0.114. The van der Waals surface area contributed by atoms with Crippen molar-refractivity contribution in [3.63, 3.8) is 0 Å². The average Bonchev–Trinajstić information content (AvgIpc) is 2.25. The summed E-state index contributed by atoms with van der Waals surface area (Å²) in [6, 6.07) is 0.546. The lowest BCUT2D eigenvalue weighted by atomic mass is 10.0. The molecule has 0 saturated carbocycles. The summed E-state index contributed by atoms with van der Waals surface area (Å²) in [6.07, 6.45) is 6.57. The molecule has 2 unspecified atom stereocenters. The van der Waals surface area contributed by atoms with Crippen LogP contribution < -0.4 is 5.32 Å². The first-order chi connectivity index (χ1) is 7.59. The molecule has 0 aliphatic carbocycles. The maximum Gasteiger partial charge on any atom is 0.110 e. The Balaban J connectivity index is 2.28. The maximum absolute atomic E-state index is 5.56. The largest absolute Gasteiger partial charge is 0.497 e. The van der Waals surface area contributed by atoms with Crippen molar-refractivity contribution >= 4 is 0 Å². The number of hydrogen-bond donors (Lipinski definition) is 1. The predicted molar refractivity (Wildman–Crippen MR) is 68.4 cm³/mol. The molecule has 0 aromatic rings. The number of nitrogens with one attached hydrogen (secondary N) is 1. The monoisotopic (exact) mass is 226 g/mol. The van der Waals surface area contributed by atoms with Gasteiger partial charge in [-0.1, -0.05) is 13.8 Å². The van der Waals surface area contributed by atoms with Crippen LogP contribution in [-0.4, -0.2) is 44.2 Å². The van der Waals surface area contributed by atoms with Gasteiger partial charge in [0.1, 0.15) is 6.10 Å². The van der Waals surface area contributed by atoms with Crippen LogP contribution in [0.15, 0.2) is 12.3 Å². The van der Waals surface area contributed by atoms with Crippen molar-refractivity contribution in [1.82, 2.24) is 10.2 Å². The third-order valence-corrected chi connectivity index (χ3v) is 3.00. The smallest absolute Gasteiger partial charge is 0.110 e. The van der Waals surface area contributed by atoms with Gasteiger partial charge in [0.2, 0.25) is 0 Å². The molecule has 1 aliphatic heterocycles. The van der Waals surface area contributed by atoms with Crippen molar-refractivity contribution in [2.45, 2.75) is 38.8 Å². The fraction of sp³-hybridized carbons (Fsp3) is 0.846. The van der Waals surface area contributed by atoms with E-state index in [1.54, 1.807) is 0 Å². The van der Waals surface area contributed by atoms with Gasteiger partial charge in [-0.25, -0.2) is 0 Å². The molecule has 16 heavy (non-hydrogen) atoms. The van der Waals surface area contributed by atoms with Crippen molar-refractivity contribution in [2.24, 2.45) is 5.92 Å². The van der Waals surface area contributed by atoms with E-state index in [0.717, 1.165) is 25.9 Å². The molecule has 1 rings (SSSR count). The van der Waals surface area contributed by atoms with Gasteiger partial charge >= 0.3 is 0 Å². The molecule has 0 fully saturated rings. The first kappa shape index (κ1) is 13.5. The van der Waals surface area contributed by atoms with Gasteiger partial charge in [-0.3, -0.25) is 0 Å². The highest BCUT2D eigenvalue weighted by atomic mass is 16.5. The molecule has 0 amide bonds. The van der Waals surface area contributed by atoms with Crippen LogP contribution in [0.4, 0.5) is 0 Å². The minimum Gasteiger partial charge on any atom is -0.497 e. The Morgan fingerprint density at radius 3 is 2.69 bits per heavy atom. The Bertz CT molecular complexity index is 214. The van der Waals surface area contributed by atoms with Crippen LogP contribution in [0.5, 0.6) is 0 Å². The third-order valence-electron chi connectivity index (χ3n) is 3.00. The Labute approximate surface area is 99.8 Å². The van der Waals surface area contributed by atoms with Crippen LogP contribution in [0, 0.1) is 5.92 Å². The zero-order valence-electron chi connectivity index (χ0n) is 11.1. The average molecular weight is 226 g/mol. The number of nitrogens with zero attached hydrogens (tertiary/aromatic N) is 1. The molecule has 3 heteroatoms. The van der Waals surface area contributed by atoms with E-state index in [9.17, 15) is 0 Å². The summed E-state index contributed by atoms with van der Waals surface area (Å²) in [7, 11) is 4.24. The lowest BCUT2D eigenvalue weighted by Crippen LogP contribution is -2.45. The number of rotatable bonds is 6. The number of hydrogen-bond acceptors (Lipinski definition) is 3. The Hall–Kier alpha value is -0.540. The van der Waals surface area contributed by atoms with Crippen molar-refractivity contribution < 1.29 is 4.74 Å². The molecular weight excluding hydrogens is 200 g/mol. The Morgan fingerprint density at radius 1 is 1.44 bits per heavy atom. The molecule has 0 bridgehead atoms. The van der Waals surface area contributed by atoms with Gasteiger partial charge in [-0.2, -0.15) is 0 Å². The van der Waals surface area contributed by atoms with Gasteiger partial charge in [-0.05, 0) is 38.9 Å². The molecule has 0 radical (unpaired) electrons. The van der Waals surface area contributed by atoms with Crippen LogP contribution in [0.1, 0.15) is 26.7 Å². The van der Waals surface area contributed by atoms with E-state index in [-0.39, 0.29) is 0 Å². The minimum absolute atomic E-state index is 0.355. The highest BCUT2D eigenvalue weighted by molar-refractivity contribution is 4.84. The molecule has 0 saturated heterocycles. The highest BCUT2D eigenvalue weighted by Gasteiger charge is 2.17. The maximum atomic E-state index is 5.56. The SMILES string of the molecule is CC(C)C(CN(C)C)NCC1CCC=CO1. The van der Waals surface area contributed by atoms with E-state index in [2.05, 4.69) is 44.2 Å². The fourth-order valence-electron chi connectivity index (χ4n) is 1.92. The molecule has 0 spiro atoms.